The Bertz CT molecular complexity index is 2230. The average Bonchev–Trinajstić information content (AvgIpc) is 3.19. The van der Waals surface area contributed by atoms with E-state index in [1.165, 1.54) is 12.1 Å². The lowest BCUT2D eigenvalue weighted by Crippen LogP contribution is -2.33. The topological polar surface area (TPSA) is 136 Å². The number of hydrogen-bond donors (Lipinski definition) is 2. The molecule has 11 nitrogen and oxygen atoms in total. The number of methoxy groups -OCH3 is 1. The van der Waals surface area contributed by atoms with E-state index in [9.17, 15) is 9.59 Å². The lowest BCUT2D eigenvalue weighted by molar-refractivity contribution is -0.101. The number of carbonyl (C=O) groups is 1. The van der Waals surface area contributed by atoms with Crippen LogP contribution in [-0.4, -0.2) is 68.3 Å². The number of aryl methyl sites for hydroxylation is 1. The summed E-state index contributed by atoms with van der Waals surface area (Å²) in [4.78, 5) is 32.0. The molecule has 0 aliphatic carbocycles. The number of nitrogens with two attached hydrogens (primary N) is 1. The molecule has 4 heterocycles. The van der Waals surface area contributed by atoms with Gasteiger partial charge in [0.15, 0.2) is 11.5 Å². The highest BCUT2D eigenvalue weighted by molar-refractivity contribution is 6.04. The van der Waals surface area contributed by atoms with Gasteiger partial charge in [-0.25, -0.2) is 9.37 Å². The Morgan fingerprint density at radius 3 is 2.44 bits per heavy atom. The van der Waals surface area contributed by atoms with E-state index >= 15 is 4.39 Å². The molecule has 0 unspecified atom stereocenters. The minimum absolute atomic E-state index is 0.0393. The third-order valence-corrected chi connectivity index (χ3v) is 10.2. The molecule has 2 aliphatic rings. The normalized spacial score (nSPS) is 16.7. The van der Waals surface area contributed by atoms with Gasteiger partial charge in [-0.2, -0.15) is 0 Å². The maximum Gasteiger partial charge on any atom is 0.261 e. The first-order valence-electron chi connectivity index (χ1n) is 18.4. The summed E-state index contributed by atoms with van der Waals surface area (Å²) < 4.78 is 46.1. The van der Waals surface area contributed by atoms with Gasteiger partial charge in [-0.1, -0.05) is 42.8 Å². The Labute approximate surface area is 319 Å². The average molecular weight is 749 g/mol. The number of nitrogens with zero attached hydrogens (tertiary/aromatic N) is 2. The van der Waals surface area contributed by atoms with E-state index in [4.69, 9.17) is 29.4 Å². The number of carbonyl (C=O) groups excluding carboxylic acids is 1. The fourth-order valence-electron chi connectivity index (χ4n) is 6.93. The van der Waals surface area contributed by atoms with E-state index in [1.54, 1.807) is 37.7 Å². The molecule has 55 heavy (non-hydrogen) atoms. The molecule has 5 aromatic rings. The predicted octanol–water partition coefficient (Wildman–Crippen LogP) is 7.15. The lowest BCUT2D eigenvalue weighted by atomic mass is 9.82. The number of anilines is 2. The maximum absolute atomic E-state index is 15.9. The van der Waals surface area contributed by atoms with Crippen LogP contribution in [0.5, 0.6) is 11.5 Å². The second kappa shape index (κ2) is 16.4. The van der Waals surface area contributed by atoms with Crippen molar-refractivity contribution in [3.05, 3.63) is 112 Å². The van der Waals surface area contributed by atoms with Crippen LogP contribution in [0.4, 0.5) is 15.9 Å². The summed E-state index contributed by atoms with van der Waals surface area (Å²) in [5.41, 5.74) is 10.1. The number of nitrogens with one attached hydrogen (secondary N) is 1. The minimum Gasteiger partial charge on any atom is -0.493 e. The third-order valence-electron chi connectivity index (χ3n) is 10.2. The molecule has 0 radical (unpaired) electrons. The lowest BCUT2D eigenvalue weighted by Gasteiger charge is -2.34. The number of ether oxygens (including phenoxy) is 5. The molecule has 3 N–H and O–H groups in total. The SMILES string of the molecule is COc1cc(-c2cnc(N)c(-c3ccc(NC(=O)c4cn(CC5(C)CCOCC5)cc(-c5ccc(C)cc5)c4=O)cc3F)c2)ccc1OC[C@H]1COCCO1. The van der Waals surface area contributed by atoms with Crippen molar-refractivity contribution in [2.45, 2.75) is 39.3 Å². The number of hydrogen-bond acceptors (Lipinski definition) is 9. The van der Waals surface area contributed by atoms with Crippen LogP contribution < -0.4 is 26.0 Å². The van der Waals surface area contributed by atoms with Crippen LogP contribution in [-0.2, 0) is 20.8 Å². The number of halogens is 1. The molecule has 0 saturated carbocycles. The Kier molecular flexibility index (Phi) is 11.3. The summed E-state index contributed by atoms with van der Waals surface area (Å²) in [6, 6.07) is 19.1. The largest absolute Gasteiger partial charge is 0.493 e. The third kappa shape index (κ3) is 8.72. The van der Waals surface area contributed by atoms with E-state index in [0.29, 0.717) is 79.9 Å². The standard InChI is InChI=1S/C43H45FN4O7/c1-27-4-6-28(7-5-27)35-22-48(26-43(2)12-14-52-15-13-43)23-36(40(35)49)42(50)47-31-9-10-33(37(44)20-31)34-18-30(21-46-41(34)45)29-8-11-38(39(19-29)51-3)55-25-32-24-53-16-17-54-32/h4-11,18-23,32H,12-17,24-26H2,1-3H3,(H2,45,46)(H,47,50)/t32-/m1/s1. The summed E-state index contributed by atoms with van der Waals surface area (Å²) in [5, 5.41) is 2.75. The fraction of sp³-hybridized carbons (Fsp3) is 0.326. The van der Waals surface area contributed by atoms with Gasteiger partial charge in [0.25, 0.3) is 5.91 Å². The van der Waals surface area contributed by atoms with Crippen molar-refractivity contribution in [3.8, 4) is 44.9 Å². The smallest absolute Gasteiger partial charge is 0.261 e. The highest BCUT2D eigenvalue weighted by Crippen LogP contribution is 2.37. The molecule has 286 valence electrons. The summed E-state index contributed by atoms with van der Waals surface area (Å²) >= 11 is 0. The molecule has 12 heteroatoms. The van der Waals surface area contributed by atoms with Crippen LogP contribution in [0, 0.1) is 18.2 Å². The number of aromatic nitrogens is 2. The Morgan fingerprint density at radius 2 is 1.71 bits per heavy atom. The Morgan fingerprint density at radius 1 is 0.927 bits per heavy atom. The van der Waals surface area contributed by atoms with Crippen molar-refractivity contribution in [3.63, 3.8) is 0 Å². The number of benzene rings is 3. The van der Waals surface area contributed by atoms with Gasteiger partial charge in [-0.3, -0.25) is 9.59 Å². The number of nitrogen functional groups attached to an aromatic ring is 1. The van der Waals surface area contributed by atoms with Gasteiger partial charge >= 0.3 is 0 Å². The van der Waals surface area contributed by atoms with Gasteiger partial charge < -0.3 is 39.3 Å². The van der Waals surface area contributed by atoms with Crippen molar-refractivity contribution < 1.29 is 32.9 Å². The van der Waals surface area contributed by atoms with Crippen molar-refractivity contribution in [2.24, 2.45) is 5.41 Å². The van der Waals surface area contributed by atoms with E-state index in [1.807, 2.05) is 54.1 Å². The van der Waals surface area contributed by atoms with Gasteiger partial charge in [-0.05, 0) is 72.7 Å². The number of pyridine rings is 2. The first kappa shape index (κ1) is 37.7. The molecule has 0 bridgehead atoms. The molecular formula is C43H45FN4O7. The molecule has 0 spiro atoms. The highest BCUT2D eigenvalue weighted by Gasteiger charge is 2.29. The van der Waals surface area contributed by atoms with Gasteiger partial charge in [0, 0.05) is 66.3 Å². The maximum atomic E-state index is 15.9. The zero-order valence-electron chi connectivity index (χ0n) is 31.2. The summed E-state index contributed by atoms with van der Waals surface area (Å²) in [5.74, 6) is -0.0826. The molecule has 2 aromatic heterocycles. The predicted molar refractivity (Wildman–Crippen MR) is 209 cm³/mol. The Hall–Kier alpha value is -5.56. The molecule has 3 aromatic carbocycles. The van der Waals surface area contributed by atoms with Crippen LogP contribution >= 0.6 is 0 Å². The summed E-state index contributed by atoms with van der Waals surface area (Å²) in [6.45, 7) is 7.95. The van der Waals surface area contributed by atoms with E-state index < -0.39 is 17.2 Å². The molecule has 2 fully saturated rings. The van der Waals surface area contributed by atoms with Crippen LogP contribution in [0.1, 0.15) is 35.7 Å². The van der Waals surface area contributed by atoms with Crippen molar-refractivity contribution >= 4 is 17.4 Å². The summed E-state index contributed by atoms with van der Waals surface area (Å²) in [7, 11) is 1.55. The van der Waals surface area contributed by atoms with Crippen LogP contribution in [0.25, 0.3) is 33.4 Å². The van der Waals surface area contributed by atoms with Crippen molar-refractivity contribution in [1.29, 1.82) is 0 Å². The van der Waals surface area contributed by atoms with Crippen LogP contribution in [0.2, 0.25) is 0 Å². The van der Waals surface area contributed by atoms with E-state index in [0.717, 1.165) is 24.0 Å². The molecule has 1 atom stereocenters. The number of rotatable bonds is 11. The number of amides is 1. The van der Waals surface area contributed by atoms with Gasteiger partial charge in [-0.15, -0.1) is 0 Å². The van der Waals surface area contributed by atoms with Crippen molar-refractivity contribution in [1.82, 2.24) is 9.55 Å². The monoisotopic (exact) mass is 748 g/mol. The molecule has 2 aliphatic heterocycles. The minimum atomic E-state index is -0.638. The quantitative estimate of drug-likeness (QED) is 0.144. The van der Waals surface area contributed by atoms with E-state index in [-0.39, 0.29) is 34.2 Å². The molecule has 1 amide bonds. The zero-order chi connectivity index (χ0) is 38.5. The molecular weight excluding hydrogens is 703 g/mol. The van der Waals surface area contributed by atoms with Crippen LogP contribution in [0.15, 0.2) is 90.1 Å². The summed E-state index contributed by atoms with van der Waals surface area (Å²) in [6.07, 6.45) is 6.56. The molecule has 2 saturated heterocycles. The molecule has 7 rings (SSSR count). The zero-order valence-corrected chi connectivity index (χ0v) is 31.2. The first-order chi connectivity index (χ1) is 26.6. The Balaban J connectivity index is 1.13. The first-order valence-corrected chi connectivity index (χ1v) is 18.4. The second-order valence-corrected chi connectivity index (χ2v) is 14.4. The van der Waals surface area contributed by atoms with Gasteiger partial charge in [0.1, 0.15) is 29.9 Å². The highest BCUT2D eigenvalue weighted by atomic mass is 19.1. The van der Waals surface area contributed by atoms with Crippen LogP contribution in [0.3, 0.4) is 0 Å². The van der Waals surface area contributed by atoms with Crippen molar-refractivity contribution in [2.75, 3.05) is 57.8 Å². The fourth-order valence-corrected chi connectivity index (χ4v) is 6.93. The second-order valence-electron chi connectivity index (χ2n) is 14.4. The van der Waals surface area contributed by atoms with Gasteiger partial charge in [0.2, 0.25) is 5.43 Å². The van der Waals surface area contributed by atoms with Gasteiger partial charge in [0.05, 0.1) is 26.9 Å². The van der Waals surface area contributed by atoms with E-state index in [2.05, 4.69) is 17.2 Å².